The summed E-state index contributed by atoms with van der Waals surface area (Å²) in [4.78, 5) is 4.44. The van der Waals surface area contributed by atoms with Gasteiger partial charge in [0.2, 0.25) is 10.0 Å². The topological polar surface area (TPSA) is 91.8 Å². The van der Waals surface area contributed by atoms with Crippen LogP contribution in [-0.2, 0) is 16.6 Å². The first kappa shape index (κ1) is 27.2. The zero-order chi connectivity index (χ0) is 22.2. The quantitative estimate of drug-likeness (QED) is 0.199. The van der Waals surface area contributed by atoms with E-state index in [0.717, 1.165) is 16.9 Å². The van der Waals surface area contributed by atoms with Crippen molar-refractivity contribution in [3.63, 3.8) is 0 Å². The van der Waals surface area contributed by atoms with Gasteiger partial charge in [-0.3, -0.25) is 4.99 Å². The fourth-order valence-corrected chi connectivity index (χ4v) is 3.68. The van der Waals surface area contributed by atoms with Gasteiger partial charge in [-0.05, 0) is 45.9 Å². The molecule has 0 spiro atoms. The molecule has 7 nitrogen and oxygen atoms in total. The van der Waals surface area contributed by atoms with Gasteiger partial charge >= 0.3 is 0 Å². The summed E-state index contributed by atoms with van der Waals surface area (Å²) in [5, 5.41) is 6.34. The smallest absolute Gasteiger partial charge is 0.240 e. The van der Waals surface area contributed by atoms with Gasteiger partial charge in [-0.2, -0.15) is 0 Å². The number of hydrogen-bond donors (Lipinski definition) is 3. The lowest BCUT2D eigenvalue weighted by Crippen LogP contribution is -2.41. The van der Waals surface area contributed by atoms with Crippen molar-refractivity contribution < 1.29 is 13.2 Å². The van der Waals surface area contributed by atoms with Gasteiger partial charge < -0.3 is 15.4 Å². The normalized spacial score (nSPS) is 12.1. The van der Waals surface area contributed by atoms with Gasteiger partial charge in [-0.1, -0.05) is 35.9 Å². The van der Waals surface area contributed by atoms with Gasteiger partial charge in [0.1, 0.15) is 11.4 Å². The highest BCUT2D eigenvalue weighted by Crippen LogP contribution is 2.22. The molecule has 172 valence electrons. The van der Waals surface area contributed by atoms with E-state index in [1.165, 1.54) is 0 Å². The molecule has 2 aromatic rings. The molecule has 0 amide bonds. The predicted octanol–water partition coefficient (Wildman–Crippen LogP) is 3.43. The number of nitrogens with zero attached hydrogens (tertiary/aromatic N) is 1. The Hall–Kier alpha value is -1.85. The summed E-state index contributed by atoms with van der Waals surface area (Å²) >= 11 is 0. The number of aliphatic imine (C=N–C) groups is 1. The molecule has 0 heterocycles. The Morgan fingerprint density at radius 1 is 1.00 bits per heavy atom. The van der Waals surface area contributed by atoms with Crippen LogP contribution in [0.3, 0.4) is 0 Å². The number of para-hydroxylation sites is 1. The minimum absolute atomic E-state index is 0. The molecule has 0 aliphatic rings. The molecule has 9 heteroatoms. The van der Waals surface area contributed by atoms with Gasteiger partial charge in [0, 0.05) is 32.2 Å². The number of hydrogen-bond acceptors (Lipinski definition) is 4. The maximum atomic E-state index is 12.3. The van der Waals surface area contributed by atoms with Crippen molar-refractivity contribution in [2.75, 3.05) is 20.1 Å². The first-order valence-electron chi connectivity index (χ1n) is 9.88. The van der Waals surface area contributed by atoms with E-state index in [1.807, 2.05) is 52.0 Å². The van der Waals surface area contributed by atoms with Crippen LogP contribution in [0.25, 0.3) is 0 Å². The van der Waals surface area contributed by atoms with Crippen LogP contribution in [0, 0.1) is 6.92 Å². The summed E-state index contributed by atoms with van der Waals surface area (Å²) in [6.45, 7) is 9.10. The zero-order valence-electron chi connectivity index (χ0n) is 18.7. The average Bonchev–Trinajstić information content (AvgIpc) is 2.67. The van der Waals surface area contributed by atoms with Gasteiger partial charge in [0.25, 0.3) is 0 Å². The van der Waals surface area contributed by atoms with Crippen LogP contribution in [-0.4, -0.2) is 40.1 Å². The monoisotopic (exact) mass is 560 g/mol. The van der Waals surface area contributed by atoms with Crippen molar-refractivity contribution in [3.05, 3.63) is 59.7 Å². The molecule has 0 atom stereocenters. The number of halogens is 1. The van der Waals surface area contributed by atoms with Crippen molar-refractivity contribution in [2.45, 2.75) is 44.7 Å². The second-order valence-corrected chi connectivity index (χ2v) is 9.65. The van der Waals surface area contributed by atoms with E-state index < -0.39 is 10.0 Å². The molecule has 2 rings (SSSR count). The molecule has 0 saturated carbocycles. The zero-order valence-corrected chi connectivity index (χ0v) is 21.9. The highest BCUT2D eigenvalue weighted by Gasteiger charge is 2.15. The highest BCUT2D eigenvalue weighted by atomic mass is 127. The van der Waals surface area contributed by atoms with E-state index >= 15 is 0 Å². The standard InChI is InChI=1S/C22H32N4O3S.HI/c1-17-10-12-19(13-11-17)30(27,28)26-15-14-24-21(23-5)25-16-18-8-6-7-9-20(18)29-22(2,3)4;/h6-13,26H,14-16H2,1-5H3,(H2,23,24,25);1H. The van der Waals surface area contributed by atoms with Crippen molar-refractivity contribution in [1.29, 1.82) is 0 Å². The van der Waals surface area contributed by atoms with Crippen molar-refractivity contribution in [3.8, 4) is 5.75 Å². The number of ether oxygens (including phenoxy) is 1. The third-order valence-electron chi connectivity index (χ3n) is 4.10. The number of rotatable bonds is 8. The van der Waals surface area contributed by atoms with E-state index in [1.54, 1.807) is 31.3 Å². The van der Waals surface area contributed by atoms with Crippen molar-refractivity contribution in [2.24, 2.45) is 4.99 Å². The SMILES string of the molecule is CN=C(NCCNS(=O)(=O)c1ccc(C)cc1)NCc1ccccc1OC(C)(C)C.I. The molecule has 0 radical (unpaired) electrons. The van der Waals surface area contributed by atoms with E-state index in [9.17, 15) is 8.42 Å². The lowest BCUT2D eigenvalue weighted by atomic mass is 10.1. The van der Waals surface area contributed by atoms with Crippen LogP contribution < -0.4 is 20.1 Å². The summed E-state index contributed by atoms with van der Waals surface area (Å²) in [5.74, 6) is 1.40. The van der Waals surface area contributed by atoms with E-state index in [4.69, 9.17) is 4.74 Å². The second-order valence-electron chi connectivity index (χ2n) is 7.89. The molecular formula is C22H33IN4O3S. The van der Waals surface area contributed by atoms with Crippen LogP contribution >= 0.6 is 24.0 Å². The number of benzene rings is 2. The van der Waals surface area contributed by atoms with Crippen molar-refractivity contribution in [1.82, 2.24) is 15.4 Å². The Bertz CT molecular complexity index is 955. The predicted molar refractivity (Wildman–Crippen MR) is 137 cm³/mol. The summed E-state index contributed by atoms with van der Waals surface area (Å²) in [5.41, 5.74) is 1.74. The number of nitrogens with one attached hydrogen (secondary N) is 3. The van der Waals surface area contributed by atoms with Gasteiger partial charge in [0.05, 0.1) is 4.90 Å². The Morgan fingerprint density at radius 2 is 1.65 bits per heavy atom. The Morgan fingerprint density at radius 3 is 2.26 bits per heavy atom. The van der Waals surface area contributed by atoms with E-state index in [2.05, 4.69) is 20.3 Å². The molecule has 0 aliphatic heterocycles. The van der Waals surface area contributed by atoms with Crippen LogP contribution in [0.4, 0.5) is 0 Å². The largest absolute Gasteiger partial charge is 0.488 e. The molecule has 0 aliphatic carbocycles. The number of guanidine groups is 1. The Balaban J connectivity index is 0.00000480. The highest BCUT2D eigenvalue weighted by molar-refractivity contribution is 14.0. The fraction of sp³-hybridized carbons (Fsp3) is 0.409. The number of sulfonamides is 1. The summed E-state index contributed by atoms with van der Waals surface area (Å²) < 4.78 is 33.2. The maximum absolute atomic E-state index is 12.3. The molecule has 0 unspecified atom stereocenters. The van der Waals surface area contributed by atoms with Crippen LogP contribution in [0.1, 0.15) is 31.9 Å². The summed E-state index contributed by atoms with van der Waals surface area (Å²) in [6, 6.07) is 14.6. The van der Waals surface area contributed by atoms with E-state index in [-0.39, 0.29) is 41.0 Å². The van der Waals surface area contributed by atoms with Crippen molar-refractivity contribution >= 4 is 40.0 Å². The molecule has 31 heavy (non-hydrogen) atoms. The van der Waals surface area contributed by atoms with Gasteiger partial charge in [0.15, 0.2) is 5.96 Å². The fourth-order valence-electron chi connectivity index (χ4n) is 2.65. The maximum Gasteiger partial charge on any atom is 0.240 e. The molecule has 0 aromatic heterocycles. The molecule has 0 saturated heterocycles. The third kappa shape index (κ3) is 9.44. The summed E-state index contributed by atoms with van der Waals surface area (Å²) in [6.07, 6.45) is 0. The van der Waals surface area contributed by atoms with Gasteiger partial charge in [-0.25, -0.2) is 13.1 Å². The lowest BCUT2D eigenvalue weighted by Gasteiger charge is -2.23. The number of aryl methyl sites for hydroxylation is 1. The molecule has 0 fully saturated rings. The summed E-state index contributed by atoms with van der Waals surface area (Å²) in [7, 11) is -1.86. The minimum atomic E-state index is -3.53. The Labute approximate surface area is 203 Å². The molecule has 0 bridgehead atoms. The second kappa shape index (κ2) is 12.3. The molecular weight excluding hydrogens is 527 g/mol. The van der Waals surface area contributed by atoms with Gasteiger partial charge in [-0.15, -0.1) is 24.0 Å². The Kier molecular flexibility index (Phi) is 10.7. The van der Waals surface area contributed by atoms with Crippen LogP contribution in [0.5, 0.6) is 5.75 Å². The lowest BCUT2D eigenvalue weighted by molar-refractivity contribution is 0.129. The first-order valence-corrected chi connectivity index (χ1v) is 11.4. The third-order valence-corrected chi connectivity index (χ3v) is 5.58. The van der Waals surface area contributed by atoms with Crippen LogP contribution in [0.2, 0.25) is 0 Å². The van der Waals surface area contributed by atoms with Crippen LogP contribution in [0.15, 0.2) is 58.4 Å². The minimum Gasteiger partial charge on any atom is -0.488 e. The average molecular weight is 561 g/mol. The molecule has 2 aromatic carbocycles. The first-order chi connectivity index (χ1) is 14.1. The van der Waals surface area contributed by atoms with E-state index in [0.29, 0.717) is 19.0 Å². The molecule has 3 N–H and O–H groups in total.